The molecule has 152 valence electrons. The van der Waals surface area contributed by atoms with Gasteiger partial charge >= 0.3 is 0 Å². The molecule has 2 N–H and O–H groups in total. The highest BCUT2D eigenvalue weighted by molar-refractivity contribution is 6.04. The van der Waals surface area contributed by atoms with E-state index in [4.69, 9.17) is 0 Å². The first-order valence-electron chi connectivity index (χ1n) is 9.58. The summed E-state index contributed by atoms with van der Waals surface area (Å²) in [6.45, 7) is 6.39. The standard InChI is InChI=1S/C24H24N4O2/c1-24(2,3)20-10-6-18(7-11-20)22(29)27-21-12-8-19(9-13-21)23(30)28-26-16-17-5-4-14-25-15-17/h4-16H,1-3H3,(H,27,29)(H,28,30). The average molecular weight is 400 g/mol. The van der Waals surface area contributed by atoms with Crippen molar-refractivity contribution < 1.29 is 9.59 Å². The van der Waals surface area contributed by atoms with Crippen LogP contribution in [0.4, 0.5) is 5.69 Å². The fraction of sp³-hybridized carbons (Fsp3) is 0.167. The number of benzene rings is 2. The number of carbonyl (C=O) groups excluding carboxylic acids is 2. The van der Waals surface area contributed by atoms with E-state index in [0.717, 1.165) is 5.56 Å². The number of pyridine rings is 1. The van der Waals surface area contributed by atoms with Crippen molar-refractivity contribution in [3.63, 3.8) is 0 Å². The van der Waals surface area contributed by atoms with Crippen molar-refractivity contribution in [2.75, 3.05) is 5.32 Å². The number of nitrogens with one attached hydrogen (secondary N) is 2. The number of carbonyl (C=O) groups is 2. The molecule has 3 aromatic rings. The van der Waals surface area contributed by atoms with Crippen LogP contribution in [0.3, 0.4) is 0 Å². The molecule has 30 heavy (non-hydrogen) atoms. The maximum Gasteiger partial charge on any atom is 0.271 e. The Bertz CT molecular complexity index is 1040. The monoisotopic (exact) mass is 400 g/mol. The van der Waals surface area contributed by atoms with Crippen LogP contribution < -0.4 is 10.7 Å². The molecule has 0 bridgehead atoms. The lowest BCUT2D eigenvalue weighted by Crippen LogP contribution is -2.18. The van der Waals surface area contributed by atoms with Crippen LogP contribution in [-0.4, -0.2) is 23.0 Å². The Morgan fingerprint density at radius 2 is 1.53 bits per heavy atom. The highest BCUT2D eigenvalue weighted by Gasteiger charge is 2.14. The minimum Gasteiger partial charge on any atom is -0.322 e. The number of hydrogen-bond acceptors (Lipinski definition) is 4. The summed E-state index contributed by atoms with van der Waals surface area (Å²) in [4.78, 5) is 28.6. The van der Waals surface area contributed by atoms with Crippen molar-refractivity contribution >= 4 is 23.7 Å². The summed E-state index contributed by atoms with van der Waals surface area (Å²) >= 11 is 0. The van der Waals surface area contributed by atoms with Crippen LogP contribution in [0.1, 0.15) is 52.6 Å². The molecule has 0 aliphatic heterocycles. The van der Waals surface area contributed by atoms with E-state index in [1.54, 1.807) is 42.7 Å². The van der Waals surface area contributed by atoms with Gasteiger partial charge in [0.05, 0.1) is 6.21 Å². The van der Waals surface area contributed by atoms with Gasteiger partial charge in [-0.25, -0.2) is 5.43 Å². The van der Waals surface area contributed by atoms with Crippen LogP contribution in [-0.2, 0) is 5.41 Å². The van der Waals surface area contributed by atoms with Crippen LogP contribution >= 0.6 is 0 Å². The lowest BCUT2D eigenvalue weighted by Gasteiger charge is -2.19. The second-order valence-electron chi connectivity index (χ2n) is 7.84. The lowest BCUT2D eigenvalue weighted by atomic mass is 9.87. The van der Waals surface area contributed by atoms with E-state index >= 15 is 0 Å². The Balaban J connectivity index is 1.58. The second-order valence-corrected chi connectivity index (χ2v) is 7.84. The Morgan fingerprint density at radius 1 is 0.900 bits per heavy atom. The van der Waals surface area contributed by atoms with E-state index in [0.29, 0.717) is 16.8 Å². The van der Waals surface area contributed by atoms with Gasteiger partial charge < -0.3 is 5.32 Å². The second kappa shape index (κ2) is 9.13. The van der Waals surface area contributed by atoms with Crippen LogP contribution in [0.2, 0.25) is 0 Å². The van der Waals surface area contributed by atoms with Crippen molar-refractivity contribution in [1.29, 1.82) is 0 Å². The molecule has 2 aromatic carbocycles. The predicted octanol–water partition coefficient (Wildman–Crippen LogP) is 4.40. The van der Waals surface area contributed by atoms with Gasteiger partial charge in [0.2, 0.25) is 0 Å². The van der Waals surface area contributed by atoms with Gasteiger partial charge in [-0.1, -0.05) is 39.0 Å². The maximum absolute atomic E-state index is 12.5. The molecule has 0 aliphatic rings. The van der Waals surface area contributed by atoms with E-state index in [1.807, 2.05) is 30.3 Å². The molecule has 3 rings (SSSR count). The summed E-state index contributed by atoms with van der Waals surface area (Å²) in [5.41, 5.74) is 6.07. The molecule has 0 saturated carbocycles. The molecule has 0 radical (unpaired) electrons. The molecule has 6 heteroatoms. The van der Waals surface area contributed by atoms with Crippen LogP contribution in [0.15, 0.2) is 78.2 Å². The third-order valence-corrected chi connectivity index (χ3v) is 4.48. The topological polar surface area (TPSA) is 83.5 Å². The Morgan fingerprint density at radius 3 is 2.13 bits per heavy atom. The number of rotatable bonds is 5. The molecule has 0 atom stereocenters. The minimum atomic E-state index is -0.342. The minimum absolute atomic E-state index is 0.0352. The summed E-state index contributed by atoms with van der Waals surface area (Å²) in [5, 5.41) is 6.76. The molecule has 0 unspecified atom stereocenters. The third kappa shape index (κ3) is 5.61. The molecule has 2 amide bonds. The Labute approximate surface area is 176 Å². The summed E-state index contributed by atoms with van der Waals surface area (Å²) in [6.07, 6.45) is 4.82. The summed E-state index contributed by atoms with van der Waals surface area (Å²) in [5.74, 6) is -0.542. The van der Waals surface area contributed by atoms with E-state index in [9.17, 15) is 9.59 Å². The summed E-state index contributed by atoms with van der Waals surface area (Å²) in [6, 6.07) is 17.8. The van der Waals surface area contributed by atoms with E-state index < -0.39 is 0 Å². The molecule has 1 aromatic heterocycles. The molecule has 0 saturated heterocycles. The van der Waals surface area contributed by atoms with Gasteiger partial charge in [0.1, 0.15) is 0 Å². The van der Waals surface area contributed by atoms with Gasteiger partial charge in [0, 0.05) is 34.8 Å². The number of hydrogen-bond donors (Lipinski definition) is 2. The Kier molecular flexibility index (Phi) is 6.37. The molecule has 0 fully saturated rings. The van der Waals surface area contributed by atoms with Crippen LogP contribution in [0.5, 0.6) is 0 Å². The van der Waals surface area contributed by atoms with E-state index in [-0.39, 0.29) is 17.2 Å². The number of amides is 2. The van der Waals surface area contributed by atoms with Gasteiger partial charge in [-0.2, -0.15) is 5.10 Å². The average Bonchev–Trinajstić information content (AvgIpc) is 2.74. The third-order valence-electron chi connectivity index (χ3n) is 4.48. The van der Waals surface area contributed by atoms with Gasteiger partial charge in [-0.15, -0.1) is 0 Å². The first-order chi connectivity index (χ1) is 14.3. The molecule has 1 heterocycles. The zero-order valence-electron chi connectivity index (χ0n) is 17.2. The van der Waals surface area contributed by atoms with Crippen molar-refractivity contribution in [2.24, 2.45) is 5.10 Å². The molecule has 0 aliphatic carbocycles. The van der Waals surface area contributed by atoms with Crippen LogP contribution in [0, 0.1) is 0 Å². The van der Waals surface area contributed by atoms with Gasteiger partial charge in [0.25, 0.3) is 11.8 Å². The summed E-state index contributed by atoms with van der Waals surface area (Å²) < 4.78 is 0. The van der Waals surface area contributed by atoms with Crippen molar-refractivity contribution in [1.82, 2.24) is 10.4 Å². The molecule has 0 spiro atoms. The number of nitrogens with zero attached hydrogens (tertiary/aromatic N) is 2. The SMILES string of the molecule is CC(C)(C)c1ccc(C(=O)Nc2ccc(C(=O)NN=Cc3cccnc3)cc2)cc1. The van der Waals surface area contributed by atoms with Crippen molar-refractivity contribution in [3.05, 3.63) is 95.3 Å². The number of aromatic nitrogens is 1. The highest BCUT2D eigenvalue weighted by atomic mass is 16.2. The first kappa shape index (κ1) is 20.9. The largest absolute Gasteiger partial charge is 0.322 e. The Hall–Kier alpha value is -3.80. The zero-order valence-corrected chi connectivity index (χ0v) is 17.2. The predicted molar refractivity (Wildman–Crippen MR) is 119 cm³/mol. The molecular formula is C24H24N4O2. The fourth-order valence-corrected chi connectivity index (χ4v) is 2.71. The van der Waals surface area contributed by atoms with Crippen LogP contribution in [0.25, 0.3) is 0 Å². The van der Waals surface area contributed by atoms with E-state index in [2.05, 4.69) is 41.6 Å². The lowest BCUT2D eigenvalue weighted by molar-refractivity contribution is 0.0954. The van der Waals surface area contributed by atoms with Gasteiger partial charge in [-0.3, -0.25) is 14.6 Å². The van der Waals surface area contributed by atoms with Gasteiger partial charge in [0.15, 0.2) is 0 Å². The summed E-state index contributed by atoms with van der Waals surface area (Å²) in [7, 11) is 0. The highest BCUT2D eigenvalue weighted by Crippen LogP contribution is 2.22. The smallest absolute Gasteiger partial charge is 0.271 e. The number of anilines is 1. The van der Waals surface area contributed by atoms with Crippen molar-refractivity contribution in [3.8, 4) is 0 Å². The normalized spacial score (nSPS) is 11.3. The van der Waals surface area contributed by atoms with Gasteiger partial charge in [-0.05, 0) is 53.4 Å². The fourth-order valence-electron chi connectivity index (χ4n) is 2.71. The number of hydrazone groups is 1. The zero-order chi connectivity index (χ0) is 21.6. The first-order valence-corrected chi connectivity index (χ1v) is 9.58. The van der Waals surface area contributed by atoms with E-state index in [1.165, 1.54) is 11.8 Å². The maximum atomic E-state index is 12.5. The molecule has 6 nitrogen and oxygen atoms in total. The molecular weight excluding hydrogens is 376 g/mol. The quantitative estimate of drug-likeness (QED) is 0.492. The van der Waals surface area contributed by atoms with Crippen molar-refractivity contribution in [2.45, 2.75) is 26.2 Å².